The maximum atomic E-state index is 14.9. The number of aromatic nitrogens is 2. The Labute approximate surface area is 224 Å². The second-order valence-corrected chi connectivity index (χ2v) is 11.1. The van der Waals surface area contributed by atoms with Gasteiger partial charge in [-0.2, -0.15) is 5.10 Å². The van der Waals surface area contributed by atoms with Gasteiger partial charge in [-0.05, 0) is 64.5 Å². The number of nitrogens with zero attached hydrogens (tertiary/aromatic N) is 3. The molecule has 208 valence electrons. The Morgan fingerprint density at radius 1 is 1.11 bits per heavy atom. The first kappa shape index (κ1) is 27.1. The smallest absolute Gasteiger partial charge is 0.272 e. The van der Waals surface area contributed by atoms with Crippen molar-refractivity contribution >= 4 is 11.4 Å². The standard InChI is InChI=1S/C29H41FN4O4/c1-21-4-6-23(7-5-21)33(17-26-18-36-14-15-38-26)24-8-10-25(11-9-24)34-28(35)22(2)27(16-32-34)31-19-29(30)12-3-13-37-20-29/h4-7,16,24-26,31H,3,8-15,17-20H2,1-2H3/t24?,25?,26-,29-/m1/s1. The second-order valence-electron chi connectivity index (χ2n) is 11.1. The molecule has 5 rings (SSSR count). The number of hydrogen-bond donors (Lipinski definition) is 1. The summed E-state index contributed by atoms with van der Waals surface area (Å²) in [7, 11) is 0. The summed E-state index contributed by atoms with van der Waals surface area (Å²) in [5.41, 5.74) is 2.11. The van der Waals surface area contributed by atoms with Gasteiger partial charge in [0.2, 0.25) is 0 Å². The third kappa shape index (κ3) is 6.38. The van der Waals surface area contributed by atoms with Crippen LogP contribution >= 0.6 is 0 Å². The fourth-order valence-corrected chi connectivity index (χ4v) is 5.88. The molecule has 2 aromatic rings. The fourth-order valence-electron chi connectivity index (χ4n) is 5.88. The van der Waals surface area contributed by atoms with Crippen LogP contribution in [0.4, 0.5) is 15.8 Å². The van der Waals surface area contributed by atoms with Crippen LogP contribution in [-0.2, 0) is 14.2 Å². The topological polar surface area (TPSA) is 77.8 Å². The highest BCUT2D eigenvalue weighted by Crippen LogP contribution is 2.33. The molecule has 0 bridgehead atoms. The van der Waals surface area contributed by atoms with Crippen LogP contribution in [0.3, 0.4) is 0 Å². The van der Waals surface area contributed by atoms with Gasteiger partial charge in [0.25, 0.3) is 5.56 Å². The van der Waals surface area contributed by atoms with Gasteiger partial charge >= 0.3 is 0 Å². The Balaban J connectivity index is 1.24. The molecule has 1 aliphatic carbocycles. The number of hydrogen-bond acceptors (Lipinski definition) is 7. The van der Waals surface area contributed by atoms with Gasteiger partial charge in [0.1, 0.15) is 0 Å². The van der Waals surface area contributed by atoms with Crippen molar-refractivity contribution in [1.82, 2.24) is 9.78 Å². The lowest BCUT2D eigenvalue weighted by Gasteiger charge is -2.40. The van der Waals surface area contributed by atoms with E-state index in [9.17, 15) is 9.18 Å². The monoisotopic (exact) mass is 528 g/mol. The lowest BCUT2D eigenvalue weighted by Crippen LogP contribution is -2.46. The Morgan fingerprint density at radius 2 is 1.89 bits per heavy atom. The van der Waals surface area contributed by atoms with Crippen LogP contribution in [0, 0.1) is 13.8 Å². The van der Waals surface area contributed by atoms with Crippen LogP contribution in [0.5, 0.6) is 0 Å². The van der Waals surface area contributed by atoms with E-state index in [1.807, 2.05) is 0 Å². The van der Waals surface area contributed by atoms with E-state index in [0.717, 1.165) is 32.2 Å². The summed E-state index contributed by atoms with van der Waals surface area (Å²) in [4.78, 5) is 15.7. The molecule has 0 unspecified atom stereocenters. The quantitative estimate of drug-likeness (QED) is 0.550. The van der Waals surface area contributed by atoms with E-state index in [-0.39, 0.29) is 30.9 Å². The van der Waals surface area contributed by atoms with E-state index in [1.54, 1.807) is 17.8 Å². The van der Waals surface area contributed by atoms with Gasteiger partial charge in [0.05, 0.1) is 57.0 Å². The van der Waals surface area contributed by atoms with Crippen molar-refractivity contribution in [2.24, 2.45) is 0 Å². The third-order valence-electron chi connectivity index (χ3n) is 8.22. The SMILES string of the molecule is Cc1ccc(N(C[C@@H]2COCCO2)C2CCC(n3ncc(NC[C@]4(F)CCCOC4)c(C)c3=O)CC2)cc1. The summed E-state index contributed by atoms with van der Waals surface area (Å²) in [5, 5.41) is 7.64. The zero-order chi connectivity index (χ0) is 26.5. The fraction of sp³-hybridized carbons (Fsp3) is 0.655. The van der Waals surface area contributed by atoms with Crippen LogP contribution in [0.1, 0.15) is 55.7 Å². The molecule has 0 amide bonds. The van der Waals surface area contributed by atoms with Gasteiger partial charge < -0.3 is 24.4 Å². The lowest BCUT2D eigenvalue weighted by atomic mass is 9.89. The molecule has 9 heteroatoms. The summed E-state index contributed by atoms with van der Waals surface area (Å²) >= 11 is 0. The first-order valence-electron chi connectivity index (χ1n) is 14.0. The van der Waals surface area contributed by atoms with Crippen LogP contribution in [0.15, 0.2) is 35.3 Å². The van der Waals surface area contributed by atoms with Crippen molar-refractivity contribution in [2.75, 3.05) is 56.3 Å². The normalized spacial score (nSPS) is 28.1. The minimum Gasteiger partial charge on any atom is -0.380 e. The molecule has 2 atom stereocenters. The maximum Gasteiger partial charge on any atom is 0.272 e. The van der Waals surface area contributed by atoms with E-state index >= 15 is 0 Å². The molecular weight excluding hydrogens is 487 g/mol. The molecule has 1 aromatic heterocycles. The first-order valence-corrected chi connectivity index (χ1v) is 14.0. The summed E-state index contributed by atoms with van der Waals surface area (Å²) < 4.78 is 33.5. The van der Waals surface area contributed by atoms with Gasteiger partial charge in [0.15, 0.2) is 5.67 Å². The van der Waals surface area contributed by atoms with Crippen LogP contribution < -0.4 is 15.8 Å². The van der Waals surface area contributed by atoms with Gasteiger partial charge in [0, 0.05) is 30.4 Å². The zero-order valence-electron chi connectivity index (χ0n) is 22.7. The molecule has 3 heterocycles. The largest absolute Gasteiger partial charge is 0.380 e. The summed E-state index contributed by atoms with van der Waals surface area (Å²) in [6, 6.07) is 9.09. The van der Waals surface area contributed by atoms with E-state index in [1.165, 1.54) is 11.3 Å². The summed E-state index contributed by atoms with van der Waals surface area (Å²) in [5.74, 6) is 0. The molecule has 0 radical (unpaired) electrons. The van der Waals surface area contributed by atoms with Crippen LogP contribution in [-0.4, -0.2) is 73.7 Å². The average Bonchev–Trinajstić information content (AvgIpc) is 2.94. The predicted octanol–water partition coefficient (Wildman–Crippen LogP) is 4.20. The molecule has 2 aliphatic heterocycles. The van der Waals surface area contributed by atoms with Gasteiger partial charge in [-0.1, -0.05) is 17.7 Å². The number of rotatable bonds is 8. The highest BCUT2D eigenvalue weighted by molar-refractivity contribution is 5.49. The highest BCUT2D eigenvalue weighted by Gasteiger charge is 2.33. The van der Waals surface area contributed by atoms with Crippen molar-refractivity contribution in [1.29, 1.82) is 0 Å². The molecule has 38 heavy (non-hydrogen) atoms. The van der Waals surface area contributed by atoms with Crippen molar-refractivity contribution in [2.45, 2.75) is 76.2 Å². The Kier molecular flexibility index (Phi) is 8.65. The van der Waals surface area contributed by atoms with Crippen LogP contribution in [0.25, 0.3) is 0 Å². The molecule has 1 N–H and O–H groups in total. The van der Waals surface area contributed by atoms with Crippen molar-refractivity contribution in [3.05, 3.63) is 51.9 Å². The Morgan fingerprint density at radius 3 is 2.58 bits per heavy atom. The van der Waals surface area contributed by atoms with E-state index in [4.69, 9.17) is 14.2 Å². The third-order valence-corrected chi connectivity index (χ3v) is 8.22. The van der Waals surface area contributed by atoms with E-state index in [2.05, 4.69) is 46.5 Å². The highest BCUT2D eigenvalue weighted by atomic mass is 19.1. The first-order chi connectivity index (χ1) is 18.4. The van der Waals surface area contributed by atoms with Crippen molar-refractivity contribution < 1.29 is 18.6 Å². The van der Waals surface area contributed by atoms with Crippen LogP contribution in [0.2, 0.25) is 0 Å². The minimum absolute atomic E-state index is 0.0541. The van der Waals surface area contributed by atoms with Gasteiger partial charge in [-0.15, -0.1) is 0 Å². The number of aryl methyl sites for hydroxylation is 1. The molecule has 2 saturated heterocycles. The molecule has 1 aromatic carbocycles. The Hall–Kier alpha value is -2.49. The average molecular weight is 529 g/mol. The predicted molar refractivity (Wildman–Crippen MR) is 146 cm³/mol. The number of anilines is 2. The van der Waals surface area contributed by atoms with E-state index < -0.39 is 5.67 Å². The number of nitrogens with one attached hydrogen (secondary N) is 1. The zero-order valence-corrected chi connectivity index (χ0v) is 22.7. The molecule has 8 nitrogen and oxygen atoms in total. The number of benzene rings is 1. The number of ether oxygens (including phenoxy) is 3. The summed E-state index contributed by atoms with van der Waals surface area (Å²) in [6.45, 7) is 7.41. The molecule has 1 saturated carbocycles. The molecular formula is C29H41FN4O4. The van der Waals surface area contributed by atoms with Gasteiger partial charge in [-0.25, -0.2) is 9.07 Å². The second kappa shape index (κ2) is 12.1. The van der Waals surface area contributed by atoms with Crippen molar-refractivity contribution in [3.63, 3.8) is 0 Å². The van der Waals surface area contributed by atoms with Crippen molar-refractivity contribution in [3.8, 4) is 0 Å². The van der Waals surface area contributed by atoms with E-state index in [0.29, 0.717) is 56.6 Å². The molecule has 0 spiro atoms. The molecule has 3 aliphatic rings. The number of alkyl halides is 1. The number of halogens is 1. The maximum absolute atomic E-state index is 14.9. The lowest BCUT2D eigenvalue weighted by molar-refractivity contribution is -0.0847. The minimum atomic E-state index is -1.41. The molecule has 3 fully saturated rings. The Bertz CT molecular complexity index is 1100. The van der Waals surface area contributed by atoms with Gasteiger partial charge in [-0.3, -0.25) is 4.79 Å². The summed E-state index contributed by atoms with van der Waals surface area (Å²) in [6.07, 6.45) is 6.58.